The first-order chi connectivity index (χ1) is 10.8. The molecule has 22 heavy (non-hydrogen) atoms. The van der Waals surface area contributed by atoms with Crippen LogP contribution in [0.5, 0.6) is 0 Å². The van der Waals surface area contributed by atoms with Crippen LogP contribution in [-0.2, 0) is 14.3 Å². The number of hydrogen-bond donors (Lipinski definition) is 0. The molecule has 0 aromatic heterocycles. The van der Waals surface area contributed by atoms with Crippen molar-refractivity contribution in [3.63, 3.8) is 0 Å². The molecule has 0 bridgehead atoms. The van der Waals surface area contributed by atoms with Gasteiger partial charge < -0.3 is 9.47 Å². The molecule has 0 amide bonds. The number of carbonyl (C=O) groups is 1. The van der Waals surface area contributed by atoms with Crippen LogP contribution >= 0.6 is 0 Å². The summed E-state index contributed by atoms with van der Waals surface area (Å²) >= 11 is 0. The van der Waals surface area contributed by atoms with E-state index in [2.05, 4.69) is 29.2 Å². The summed E-state index contributed by atoms with van der Waals surface area (Å²) in [5, 5.41) is 0. The lowest BCUT2D eigenvalue weighted by Gasteiger charge is -2.39. The third-order valence-electron chi connectivity index (χ3n) is 5.22. The topological polar surface area (TPSA) is 38.8 Å². The molecule has 2 aliphatic heterocycles. The van der Waals surface area contributed by atoms with Crippen molar-refractivity contribution in [2.75, 3.05) is 39.5 Å². The van der Waals surface area contributed by atoms with E-state index >= 15 is 0 Å². The number of rotatable bonds is 2. The molecule has 0 saturated carbocycles. The average molecular weight is 301 g/mol. The standard InChI is InChI=1S/C18H23NO3/c20-18-15(11-19-5-7-21-8-6-19)12-22-17-10-14-4-2-1-3-13(14)9-16(17)18/h1-3,9,14-15,17H,4-8,10-12H2. The van der Waals surface area contributed by atoms with Gasteiger partial charge in [0.25, 0.3) is 0 Å². The molecule has 4 heteroatoms. The van der Waals surface area contributed by atoms with Gasteiger partial charge in [-0.3, -0.25) is 9.69 Å². The maximum absolute atomic E-state index is 12.9. The minimum absolute atomic E-state index is 0.0158. The Morgan fingerprint density at radius 2 is 2.14 bits per heavy atom. The quantitative estimate of drug-likeness (QED) is 0.779. The van der Waals surface area contributed by atoms with E-state index in [1.54, 1.807) is 0 Å². The number of allylic oxidation sites excluding steroid dienone is 5. The van der Waals surface area contributed by atoms with Crippen LogP contribution in [0.15, 0.2) is 35.5 Å². The summed E-state index contributed by atoms with van der Waals surface area (Å²) in [4.78, 5) is 15.2. The van der Waals surface area contributed by atoms with Crippen molar-refractivity contribution in [2.45, 2.75) is 18.9 Å². The lowest BCUT2D eigenvalue weighted by Crippen LogP contribution is -2.47. The average Bonchev–Trinajstić information content (AvgIpc) is 2.57. The second-order valence-corrected chi connectivity index (χ2v) is 6.66. The molecule has 4 rings (SSSR count). The second-order valence-electron chi connectivity index (χ2n) is 6.66. The summed E-state index contributed by atoms with van der Waals surface area (Å²) < 4.78 is 11.4. The lowest BCUT2D eigenvalue weighted by molar-refractivity contribution is -0.130. The minimum atomic E-state index is -0.0168. The molecule has 2 saturated heterocycles. The number of fused-ring (bicyclic) bond motifs is 2. The molecule has 2 heterocycles. The number of ether oxygens (including phenoxy) is 2. The summed E-state index contributed by atoms with van der Waals surface area (Å²) in [5.74, 6) is 0.816. The van der Waals surface area contributed by atoms with Crippen LogP contribution in [0.3, 0.4) is 0 Å². The highest BCUT2D eigenvalue weighted by atomic mass is 16.5. The van der Waals surface area contributed by atoms with E-state index in [1.807, 2.05) is 0 Å². The Morgan fingerprint density at radius 1 is 1.27 bits per heavy atom. The number of hydrogen-bond acceptors (Lipinski definition) is 4. The predicted molar refractivity (Wildman–Crippen MR) is 83.5 cm³/mol. The minimum Gasteiger partial charge on any atom is -0.379 e. The Labute approximate surface area is 131 Å². The number of carbonyl (C=O) groups excluding carboxylic acids is 1. The Hall–Kier alpha value is -1.23. The van der Waals surface area contributed by atoms with Crippen molar-refractivity contribution >= 4 is 5.78 Å². The fourth-order valence-corrected chi connectivity index (χ4v) is 3.91. The van der Waals surface area contributed by atoms with Crippen molar-refractivity contribution in [1.29, 1.82) is 0 Å². The monoisotopic (exact) mass is 301 g/mol. The molecule has 0 spiro atoms. The summed E-state index contributed by atoms with van der Waals surface area (Å²) in [6, 6.07) is 0. The first-order valence-corrected chi connectivity index (χ1v) is 8.35. The molecule has 2 aliphatic carbocycles. The van der Waals surface area contributed by atoms with E-state index in [4.69, 9.17) is 9.47 Å². The van der Waals surface area contributed by atoms with E-state index < -0.39 is 0 Å². The molecule has 0 aromatic carbocycles. The van der Waals surface area contributed by atoms with E-state index in [-0.39, 0.29) is 12.0 Å². The molecular weight excluding hydrogens is 278 g/mol. The zero-order valence-electron chi connectivity index (χ0n) is 12.9. The Bertz CT molecular complexity index is 543. The van der Waals surface area contributed by atoms with Gasteiger partial charge in [-0.15, -0.1) is 0 Å². The van der Waals surface area contributed by atoms with Gasteiger partial charge in [-0.25, -0.2) is 0 Å². The molecule has 0 radical (unpaired) electrons. The van der Waals surface area contributed by atoms with Crippen LogP contribution in [0, 0.1) is 11.8 Å². The maximum atomic E-state index is 12.9. The normalized spacial score (nSPS) is 35.5. The van der Waals surface area contributed by atoms with Crippen molar-refractivity contribution in [1.82, 2.24) is 4.90 Å². The molecule has 118 valence electrons. The SMILES string of the molecule is O=C1C2=CC3=CC=CCC3CC2OCC1CN1CCOCC1. The van der Waals surface area contributed by atoms with Crippen molar-refractivity contribution < 1.29 is 14.3 Å². The number of ketones is 1. The Morgan fingerprint density at radius 3 is 3.00 bits per heavy atom. The fraction of sp³-hybridized carbons (Fsp3) is 0.611. The van der Waals surface area contributed by atoms with Crippen LogP contribution in [0.1, 0.15) is 12.8 Å². The van der Waals surface area contributed by atoms with Gasteiger partial charge in [-0.2, -0.15) is 0 Å². The summed E-state index contributed by atoms with van der Waals surface area (Å²) in [7, 11) is 0. The number of nitrogens with zero attached hydrogens (tertiary/aromatic N) is 1. The second kappa shape index (κ2) is 6.11. The summed E-state index contributed by atoms with van der Waals surface area (Å²) in [6.45, 7) is 4.75. The van der Waals surface area contributed by atoms with Crippen LogP contribution < -0.4 is 0 Å². The highest BCUT2D eigenvalue weighted by Gasteiger charge is 2.39. The fourth-order valence-electron chi connectivity index (χ4n) is 3.91. The molecule has 3 unspecified atom stereocenters. The first-order valence-electron chi connectivity index (χ1n) is 8.35. The van der Waals surface area contributed by atoms with Crippen molar-refractivity contribution in [3.8, 4) is 0 Å². The first kappa shape index (κ1) is 14.4. The third-order valence-corrected chi connectivity index (χ3v) is 5.22. The van der Waals surface area contributed by atoms with Crippen LogP contribution in [0.4, 0.5) is 0 Å². The highest BCUT2D eigenvalue weighted by Crippen LogP contribution is 2.38. The molecule has 0 aromatic rings. The zero-order chi connectivity index (χ0) is 14.9. The number of Topliss-reactive ketones (excluding diaryl/α,β-unsaturated/α-hetero) is 1. The largest absolute Gasteiger partial charge is 0.379 e. The third kappa shape index (κ3) is 2.71. The van der Waals surface area contributed by atoms with Crippen LogP contribution in [-0.4, -0.2) is 56.2 Å². The molecular formula is C18H23NO3. The van der Waals surface area contributed by atoms with Gasteiger partial charge in [0.15, 0.2) is 5.78 Å². The predicted octanol–water partition coefficient (Wildman–Crippen LogP) is 1.74. The molecule has 0 N–H and O–H groups in total. The van der Waals surface area contributed by atoms with Gasteiger partial charge in [0.05, 0.1) is 31.8 Å². The van der Waals surface area contributed by atoms with Gasteiger partial charge >= 0.3 is 0 Å². The van der Waals surface area contributed by atoms with Gasteiger partial charge in [0.2, 0.25) is 0 Å². The molecule has 4 aliphatic rings. The molecule has 2 fully saturated rings. The van der Waals surface area contributed by atoms with Crippen molar-refractivity contribution in [3.05, 3.63) is 35.5 Å². The van der Waals surface area contributed by atoms with E-state index in [9.17, 15) is 4.79 Å². The van der Waals surface area contributed by atoms with E-state index in [1.165, 1.54) is 5.57 Å². The van der Waals surface area contributed by atoms with Crippen LogP contribution in [0.25, 0.3) is 0 Å². The zero-order valence-corrected chi connectivity index (χ0v) is 12.9. The van der Waals surface area contributed by atoms with Gasteiger partial charge in [0, 0.05) is 25.2 Å². The number of morpholine rings is 1. The summed E-state index contributed by atoms with van der Waals surface area (Å²) in [5.41, 5.74) is 2.21. The molecule has 4 nitrogen and oxygen atoms in total. The van der Waals surface area contributed by atoms with Gasteiger partial charge in [-0.05, 0) is 30.4 Å². The summed E-state index contributed by atoms with van der Waals surface area (Å²) in [6.07, 6.45) is 10.6. The highest BCUT2D eigenvalue weighted by molar-refractivity contribution is 5.99. The lowest BCUT2D eigenvalue weighted by atomic mass is 9.76. The Kier molecular flexibility index (Phi) is 3.99. The Balaban J connectivity index is 1.49. The van der Waals surface area contributed by atoms with E-state index in [0.29, 0.717) is 18.3 Å². The maximum Gasteiger partial charge on any atom is 0.168 e. The smallest absolute Gasteiger partial charge is 0.168 e. The van der Waals surface area contributed by atoms with Crippen molar-refractivity contribution in [2.24, 2.45) is 11.8 Å². The van der Waals surface area contributed by atoms with Gasteiger partial charge in [0.1, 0.15) is 0 Å². The van der Waals surface area contributed by atoms with Gasteiger partial charge in [-0.1, -0.05) is 18.2 Å². The van der Waals surface area contributed by atoms with Crippen LogP contribution in [0.2, 0.25) is 0 Å². The molecule has 3 atom stereocenters. The van der Waals surface area contributed by atoms with E-state index in [0.717, 1.165) is 51.3 Å².